The van der Waals surface area contributed by atoms with Crippen LogP contribution in [0.3, 0.4) is 0 Å². The number of likely N-dealkylation sites (tertiary alicyclic amines) is 1. The second kappa shape index (κ2) is 7.19. The lowest BCUT2D eigenvalue weighted by Crippen LogP contribution is -2.54. The molecule has 1 atom stereocenters. The Morgan fingerprint density at radius 1 is 1.09 bits per heavy atom. The lowest BCUT2D eigenvalue weighted by Gasteiger charge is -2.30. The molecule has 1 heterocycles. The number of hydrogen-bond acceptors (Lipinski definition) is 4. The molecule has 23 heavy (non-hydrogen) atoms. The summed E-state index contributed by atoms with van der Waals surface area (Å²) < 4.78 is 5.20. The third kappa shape index (κ3) is 5.11. The zero-order chi connectivity index (χ0) is 17.0. The molecule has 0 aromatic rings. The van der Waals surface area contributed by atoms with Gasteiger partial charge in [-0.05, 0) is 59.3 Å². The minimum Gasteiger partial charge on any atom is -0.444 e. The number of carbonyl (C=O) groups excluding carboxylic acids is 3. The molecule has 0 aromatic heterocycles. The summed E-state index contributed by atoms with van der Waals surface area (Å²) in [5.41, 5.74) is -0.626. The molecular formula is C16H27N3O4. The van der Waals surface area contributed by atoms with Crippen LogP contribution in [0.1, 0.15) is 59.3 Å². The van der Waals surface area contributed by atoms with Crippen molar-refractivity contribution in [3.05, 3.63) is 0 Å². The first-order valence-corrected chi connectivity index (χ1v) is 8.37. The molecule has 7 heteroatoms. The highest BCUT2D eigenvalue weighted by molar-refractivity contribution is 5.98. The van der Waals surface area contributed by atoms with Crippen molar-refractivity contribution >= 4 is 18.0 Å². The summed E-state index contributed by atoms with van der Waals surface area (Å²) in [7, 11) is 0. The summed E-state index contributed by atoms with van der Waals surface area (Å²) in [5, 5.41) is 5.48. The average Bonchev–Trinajstić information content (AvgIpc) is 2.55. The molecule has 1 saturated carbocycles. The number of alkyl carbamates (subject to hydrolysis) is 1. The second-order valence-electron chi connectivity index (χ2n) is 7.26. The van der Waals surface area contributed by atoms with E-state index < -0.39 is 17.7 Å². The van der Waals surface area contributed by atoms with Crippen LogP contribution in [0.2, 0.25) is 0 Å². The van der Waals surface area contributed by atoms with Crippen LogP contribution in [0.5, 0.6) is 0 Å². The molecule has 2 N–H and O–H groups in total. The Bertz CT molecular complexity index is 468. The van der Waals surface area contributed by atoms with Crippen molar-refractivity contribution < 1.29 is 19.1 Å². The minimum absolute atomic E-state index is 0.177. The van der Waals surface area contributed by atoms with Crippen LogP contribution in [-0.4, -0.2) is 47.2 Å². The van der Waals surface area contributed by atoms with Crippen LogP contribution in [0, 0.1) is 0 Å². The van der Waals surface area contributed by atoms with E-state index in [9.17, 15) is 14.4 Å². The molecule has 7 nitrogen and oxygen atoms in total. The minimum atomic E-state index is -0.709. The van der Waals surface area contributed by atoms with Gasteiger partial charge in [0.2, 0.25) is 0 Å². The summed E-state index contributed by atoms with van der Waals surface area (Å²) >= 11 is 0. The molecular weight excluding hydrogens is 298 g/mol. The number of hydrogen-bond donors (Lipinski definition) is 2. The van der Waals surface area contributed by atoms with Gasteiger partial charge < -0.3 is 15.4 Å². The predicted octanol–water partition coefficient (Wildman–Crippen LogP) is 2.15. The number of ether oxygens (including phenoxy) is 1. The van der Waals surface area contributed by atoms with Gasteiger partial charge >= 0.3 is 12.1 Å². The molecule has 2 fully saturated rings. The number of nitrogens with zero attached hydrogens (tertiary/aromatic N) is 1. The van der Waals surface area contributed by atoms with E-state index in [0.717, 1.165) is 32.1 Å². The molecule has 1 saturated heterocycles. The monoisotopic (exact) mass is 325 g/mol. The van der Waals surface area contributed by atoms with E-state index in [0.29, 0.717) is 13.0 Å². The fraction of sp³-hybridized carbons (Fsp3) is 0.812. The molecule has 0 radical (unpaired) electrons. The summed E-state index contributed by atoms with van der Waals surface area (Å²) in [6.45, 7) is 5.68. The number of imide groups is 1. The van der Waals surface area contributed by atoms with E-state index >= 15 is 0 Å². The van der Waals surface area contributed by atoms with Gasteiger partial charge in [-0.1, -0.05) is 0 Å². The number of carbonyl (C=O) groups is 3. The third-order valence-corrected chi connectivity index (χ3v) is 4.06. The summed E-state index contributed by atoms with van der Waals surface area (Å²) in [6, 6.07) is -0.882. The van der Waals surface area contributed by atoms with Crippen LogP contribution in [0.25, 0.3) is 0 Å². The first-order chi connectivity index (χ1) is 10.8. The topological polar surface area (TPSA) is 87.7 Å². The summed E-state index contributed by atoms with van der Waals surface area (Å²) in [5.74, 6) is -0.356. The fourth-order valence-electron chi connectivity index (χ4n) is 2.63. The average molecular weight is 325 g/mol. The van der Waals surface area contributed by atoms with Crippen LogP contribution in [-0.2, 0) is 9.53 Å². The number of nitrogens with one attached hydrogen (secondary N) is 2. The van der Waals surface area contributed by atoms with E-state index in [1.165, 1.54) is 4.90 Å². The number of urea groups is 1. The maximum absolute atomic E-state index is 12.6. The van der Waals surface area contributed by atoms with Crippen molar-refractivity contribution in [3.8, 4) is 0 Å². The standard InChI is InChI=1S/C16H27N3O4/c1-16(2,3)23-15(22)18-12-9-4-5-10-19(13(12)20)14(21)17-11-7-6-8-11/h11-12H,4-10H2,1-3H3,(H,17,21)(H,18,22)/t12-/m0/s1. The maximum Gasteiger partial charge on any atom is 0.408 e. The van der Waals surface area contributed by atoms with Gasteiger partial charge in [0.1, 0.15) is 11.6 Å². The number of rotatable bonds is 2. The maximum atomic E-state index is 12.6. The molecule has 1 aliphatic carbocycles. The summed E-state index contributed by atoms with van der Waals surface area (Å²) in [6.07, 6.45) is 4.46. The molecule has 0 spiro atoms. The second-order valence-corrected chi connectivity index (χ2v) is 7.26. The van der Waals surface area contributed by atoms with Crippen molar-refractivity contribution in [1.82, 2.24) is 15.5 Å². The van der Waals surface area contributed by atoms with E-state index in [-0.39, 0.29) is 18.0 Å². The Balaban J connectivity index is 1.95. The Morgan fingerprint density at radius 3 is 2.35 bits per heavy atom. The smallest absolute Gasteiger partial charge is 0.408 e. The molecule has 0 unspecified atom stereocenters. The molecule has 2 rings (SSSR count). The molecule has 130 valence electrons. The predicted molar refractivity (Wildman–Crippen MR) is 84.9 cm³/mol. The van der Waals surface area contributed by atoms with Gasteiger partial charge in [0.15, 0.2) is 0 Å². The Morgan fingerprint density at radius 2 is 1.78 bits per heavy atom. The first-order valence-electron chi connectivity index (χ1n) is 8.37. The van der Waals surface area contributed by atoms with Gasteiger partial charge in [-0.15, -0.1) is 0 Å². The highest BCUT2D eigenvalue weighted by Gasteiger charge is 2.34. The van der Waals surface area contributed by atoms with Crippen LogP contribution >= 0.6 is 0 Å². The molecule has 2 aliphatic rings. The van der Waals surface area contributed by atoms with Crippen molar-refractivity contribution in [2.45, 2.75) is 77.0 Å². The molecule has 1 aliphatic heterocycles. The van der Waals surface area contributed by atoms with Crippen molar-refractivity contribution in [3.63, 3.8) is 0 Å². The van der Waals surface area contributed by atoms with Crippen LogP contribution in [0.4, 0.5) is 9.59 Å². The SMILES string of the molecule is CC(C)(C)OC(=O)N[C@H]1CCCCN(C(=O)NC2CCC2)C1=O. The third-order valence-electron chi connectivity index (χ3n) is 4.06. The first kappa shape index (κ1) is 17.6. The van der Waals surface area contributed by atoms with Crippen molar-refractivity contribution in [2.24, 2.45) is 0 Å². The Kier molecular flexibility index (Phi) is 5.49. The van der Waals surface area contributed by atoms with E-state index in [4.69, 9.17) is 4.74 Å². The highest BCUT2D eigenvalue weighted by Crippen LogP contribution is 2.19. The molecule has 0 bridgehead atoms. The van der Waals surface area contributed by atoms with Gasteiger partial charge in [-0.2, -0.15) is 0 Å². The zero-order valence-corrected chi connectivity index (χ0v) is 14.2. The normalized spacial score (nSPS) is 22.8. The quantitative estimate of drug-likeness (QED) is 0.814. The highest BCUT2D eigenvalue weighted by atomic mass is 16.6. The van der Waals surface area contributed by atoms with E-state index in [1.54, 1.807) is 20.8 Å². The van der Waals surface area contributed by atoms with Gasteiger partial charge in [0, 0.05) is 12.6 Å². The Labute approximate surface area is 137 Å². The number of amides is 4. The van der Waals surface area contributed by atoms with Crippen LogP contribution in [0.15, 0.2) is 0 Å². The lowest BCUT2D eigenvalue weighted by atomic mass is 9.93. The molecule has 0 aromatic carbocycles. The van der Waals surface area contributed by atoms with Gasteiger partial charge in [0.25, 0.3) is 5.91 Å². The zero-order valence-electron chi connectivity index (χ0n) is 14.2. The summed E-state index contributed by atoms with van der Waals surface area (Å²) in [4.78, 5) is 38.0. The van der Waals surface area contributed by atoms with E-state index in [1.807, 2.05) is 0 Å². The van der Waals surface area contributed by atoms with Gasteiger partial charge in [-0.3, -0.25) is 9.69 Å². The molecule has 4 amide bonds. The van der Waals surface area contributed by atoms with Gasteiger partial charge in [0.05, 0.1) is 0 Å². The largest absolute Gasteiger partial charge is 0.444 e. The van der Waals surface area contributed by atoms with Crippen molar-refractivity contribution in [1.29, 1.82) is 0 Å². The lowest BCUT2D eigenvalue weighted by molar-refractivity contribution is -0.130. The fourth-order valence-corrected chi connectivity index (χ4v) is 2.63. The van der Waals surface area contributed by atoms with Crippen molar-refractivity contribution in [2.75, 3.05) is 6.54 Å². The van der Waals surface area contributed by atoms with Crippen LogP contribution < -0.4 is 10.6 Å². The van der Waals surface area contributed by atoms with Gasteiger partial charge in [-0.25, -0.2) is 9.59 Å². The van der Waals surface area contributed by atoms with E-state index in [2.05, 4.69) is 10.6 Å². The Hall–Kier alpha value is -1.79.